The predicted octanol–water partition coefficient (Wildman–Crippen LogP) is 4.29. The molecule has 1 atom stereocenters. The lowest BCUT2D eigenvalue weighted by Crippen LogP contribution is -2.27. The van der Waals surface area contributed by atoms with E-state index in [4.69, 9.17) is 26.3 Å². The first-order chi connectivity index (χ1) is 12.1. The van der Waals surface area contributed by atoms with E-state index in [9.17, 15) is 9.90 Å². The molecule has 0 aliphatic rings. The Morgan fingerprint density at radius 3 is 2.32 bits per heavy atom. The first-order valence-corrected chi connectivity index (χ1v) is 8.24. The van der Waals surface area contributed by atoms with Crippen molar-refractivity contribution in [1.82, 2.24) is 0 Å². The number of halogens is 1. The van der Waals surface area contributed by atoms with Gasteiger partial charge >= 0.3 is 5.97 Å². The second-order valence-electron chi connectivity index (χ2n) is 5.38. The number of rotatable bonds is 9. The summed E-state index contributed by atoms with van der Waals surface area (Å²) in [6.45, 7) is 0.491. The van der Waals surface area contributed by atoms with Crippen LogP contribution in [0.25, 0.3) is 0 Å². The molecule has 0 bridgehead atoms. The van der Waals surface area contributed by atoms with Crippen LogP contribution in [-0.4, -0.2) is 23.8 Å². The van der Waals surface area contributed by atoms with E-state index in [1.165, 1.54) is 0 Å². The molecule has 2 rings (SSSR count). The molecule has 0 fully saturated rings. The summed E-state index contributed by atoms with van der Waals surface area (Å²) in [5.74, 6) is 0.153. The van der Waals surface area contributed by atoms with E-state index in [-0.39, 0.29) is 0 Å². The molecule has 0 radical (unpaired) electrons. The second-order valence-corrected chi connectivity index (χ2v) is 5.82. The number of carboxylic acids is 1. The molecular formula is C19H18ClNO4. The van der Waals surface area contributed by atoms with Gasteiger partial charge in [-0.3, -0.25) is 0 Å². The molecule has 2 aromatic rings. The number of aliphatic carboxylic acids is 1. The third-order valence-corrected chi connectivity index (χ3v) is 3.73. The molecular weight excluding hydrogens is 342 g/mol. The predicted molar refractivity (Wildman–Crippen MR) is 94.0 cm³/mol. The van der Waals surface area contributed by atoms with Crippen molar-refractivity contribution in [2.24, 2.45) is 0 Å². The van der Waals surface area contributed by atoms with Gasteiger partial charge in [-0.25, -0.2) is 4.79 Å². The number of benzene rings is 2. The average Bonchev–Trinajstić information content (AvgIpc) is 2.62. The van der Waals surface area contributed by atoms with Crippen molar-refractivity contribution >= 4 is 17.6 Å². The quantitative estimate of drug-likeness (QED) is 0.675. The summed E-state index contributed by atoms with van der Waals surface area (Å²) < 4.78 is 11.1. The first-order valence-electron chi connectivity index (χ1n) is 7.86. The molecule has 1 unspecified atom stereocenters. The zero-order chi connectivity index (χ0) is 18.1. The van der Waals surface area contributed by atoms with E-state index in [2.05, 4.69) is 0 Å². The maximum Gasteiger partial charge on any atom is 0.344 e. The van der Waals surface area contributed by atoms with Gasteiger partial charge in [-0.15, -0.1) is 0 Å². The number of ether oxygens (including phenoxy) is 2. The van der Waals surface area contributed by atoms with Gasteiger partial charge in [0.15, 0.2) is 6.10 Å². The van der Waals surface area contributed by atoms with Gasteiger partial charge < -0.3 is 14.6 Å². The van der Waals surface area contributed by atoms with E-state index >= 15 is 0 Å². The Morgan fingerprint density at radius 2 is 1.72 bits per heavy atom. The third kappa shape index (κ3) is 6.36. The summed E-state index contributed by atoms with van der Waals surface area (Å²) >= 11 is 5.80. The Balaban J connectivity index is 1.74. The number of hydrogen-bond donors (Lipinski definition) is 1. The number of carbonyl (C=O) groups is 1. The lowest BCUT2D eigenvalue weighted by atomic mass is 10.1. The monoisotopic (exact) mass is 359 g/mol. The van der Waals surface area contributed by atoms with Crippen LogP contribution in [-0.2, 0) is 4.79 Å². The average molecular weight is 360 g/mol. The molecule has 130 valence electrons. The Labute approximate surface area is 151 Å². The zero-order valence-electron chi connectivity index (χ0n) is 13.5. The minimum atomic E-state index is -1.01. The van der Waals surface area contributed by atoms with Crippen molar-refractivity contribution in [1.29, 1.82) is 5.26 Å². The summed E-state index contributed by atoms with van der Waals surface area (Å²) in [5.41, 5.74) is 0.499. The van der Waals surface area contributed by atoms with Crippen molar-refractivity contribution in [2.75, 3.05) is 6.61 Å². The first kappa shape index (κ1) is 18.6. The van der Waals surface area contributed by atoms with Crippen molar-refractivity contribution < 1.29 is 19.4 Å². The van der Waals surface area contributed by atoms with Gasteiger partial charge in [0.05, 0.1) is 18.2 Å². The SMILES string of the molecule is N#Cc1ccc(OC(CCCCOc2ccc(Cl)cc2)C(=O)O)cc1. The summed E-state index contributed by atoms with van der Waals surface area (Å²) in [6, 6.07) is 15.5. The fourth-order valence-electron chi connectivity index (χ4n) is 2.16. The van der Waals surface area contributed by atoms with Crippen LogP contribution < -0.4 is 9.47 Å². The molecule has 0 heterocycles. The number of carboxylic acid groups (broad SMARTS) is 1. The number of nitrogens with zero attached hydrogens (tertiary/aromatic N) is 1. The number of unbranched alkanes of at least 4 members (excludes halogenated alkanes) is 1. The topological polar surface area (TPSA) is 79.5 Å². The highest BCUT2D eigenvalue weighted by Gasteiger charge is 2.18. The van der Waals surface area contributed by atoms with E-state index in [1.807, 2.05) is 6.07 Å². The maximum atomic E-state index is 11.3. The molecule has 0 aromatic heterocycles. The van der Waals surface area contributed by atoms with Crippen LogP contribution in [0.5, 0.6) is 11.5 Å². The van der Waals surface area contributed by atoms with Crippen molar-refractivity contribution in [3.63, 3.8) is 0 Å². The molecule has 0 saturated heterocycles. The Hall–Kier alpha value is -2.71. The highest BCUT2D eigenvalue weighted by molar-refractivity contribution is 6.30. The van der Waals surface area contributed by atoms with Crippen molar-refractivity contribution in [3.8, 4) is 17.6 Å². The fraction of sp³-hybridized carbons (Fsp3) is 0.263. The van der Waals surface area contributed by atoms with E-state index in [0.717, 1.165) is 5.75 Å². The van der Waals surface area contributed by atoms with Gasteiger partial charge in [0.2, 0.25) is 0 Å². The largest absolute Gasteiger partial charge is 0.494 e. The minimum Gasteiger partial charge on any atom is -0.494 e. The van der Waals surface area contributed by atoms with E-state index in [0.29, 0.717) is 42.2 Å². The normalized spacial score (nSPS) is 11.4. The van der Waals surface area contributed by atoms with Gasteiger partial charge in [-0.05, 0) is 67.8 Å². The van der Waals surface area contributed by atoms with Crippen LogP contribution in [0.3, 0.4) is 0 Å². The zero-order valence-corrected chi connectivity index (χ0v) is 14.3. The van der Waals surface area contributed by atoms with Crippen LogP contribution >= 0.6 is 11.6 Å². The Morgan fingerprint density at radius 1 is 1.08 bits per heavy atom. The number of hydrogen-bond acceptors (Lipinski definition) is 4. The highest BCUT2D eigenvalue weighted by Crippen LogP contribution is 2.18. The molecule has 0 aliphatic carbocycles. The molecule has 6 heteroatoms. The maximum absolute atomic E-state index is 11.3. The second kappa shape index (κ2) is 9.55. The van der Waals surface area contributed by atoms with Crippen LogP contribution in [0.4, 0.5) is 0 Å². The molecule has 1 N–H and O–H groups in total. The lowest BCUT2D eigenvalue weighted by Gasteiger charge is -2.15. The van der Waals surface area contributed by atoms with Gasteiger partial charge in [-0.1, -0.05) is 11.6 Å². The molecule has 5 nitrogen and oxygen atoms in total. The third-order valence-electron chi connectivity index (χ3n) is 3.48. The van der Waals surface area contributed by atoms with Gasteiger partial charge in [0.25, 0.3) is 0 Å². The summed E-state index contributed by atoms with van der Waals surface area (Å²) in [4.78, 5) is 11.3. The van der Waals surface area contributed by atoms with Crippen molar-refractivity contribution in [2.45, 2.75) is 25.4 Å². The van der Waals surface area contributed by atoms with Crippen LogP contribution in [0.15, 0.2) is 48.5 Å². The van der Waals surface area contributed by atoms with Gasteiger partial charge in [-0.2, -0.15) is 5.26 Å². The van der Waals surface area contributed by atoms with Gasteiger partial charge in [0, 0.05) is 5.02 Å². The summed E-state index contributed by atoms with van der Waals surface area (Å²) in [6.07, 6.45) is 0.812. The molecule has 0 amide bonds. The van der Waals surface area contributed by atoms with E-state index in [1.54, 1.807) is 48.5 Å². The standard InChI is InChI=1S/C19H18ClNO4/c20-15-6-10-16(11-7-15)24-12-2-1-3-18(19(22)23)25-17-8-4-14(13-21)5-9-17/h4-11,18H,1-3,12H2,(H,22,23). The molecule has 0 spiro atoms. The van der Waals surface area contributed by atoms with Crippen molar-refractivity contribution in [3.05, 3.63) is 59.1 Å². The molecule has 0 saturated carbocycles. The highest BCUT2D eigenvalue weighted by atomic mass is 35.5. The minimum absolute atomic E-state index is 0.374. The van der Waals surface area contributed by atoms with E-state index < -0.39 is 12.1 Å². The Kier molecular flexibility index (Phi) is 7.12. The van der Waals surface area contributed by atoms with Crippen LogP contribution in [0.1, 0.15) is 24.8 Å². The summed E-state index contributed by atoms with van der Waals surface area (Å²) in [5, 5.41) is 18.7. The van der Waals surface area contributed by atoms with Gasteiger partial charge in [0.1, 0.15) is 11.5 Å². The summed E-state index contributed by atoms with van der Waals surface area (Å²) in [7, 11) is 0. The smallest absolute Gasteiger partial charge is 0.344 e. The number of nitriles is 1. The van der Waals surface area contributed by atoms with Crippen LogP contribution in [0, 0.1) is 11.3 Å². The molecule has 25 heavy (non-hydrogen) atoms. The fourth-order valence-corrected chi connectivity index (χ4v) is 2.28. The lowest BCUT2D eigenvalue weighted by molar-refractivity contribution is -0.145. The molecule has 0 aliphatic heterocycles. The Bertz CT molecular complexity index is 723. The molecule has 2 aromatic carbocycles. The van der Waals surface area contributed by atoms with Crippen LogP contribution in [0.2, 0.25) is 5.02 Å².